The van der Waals surface area contributed by atoms with Gasteiger partial charge in [0.15, 0.2) is 5.78 Å². The summed E-state index contributed by atoms with van der Waals surface area (Å²) in [5.41, 5.74) is -0.0125. The van der Waals surface area contributed by atoms with Crippen molar-refractivity contribution in [2.45, 2.75) is 39.5 Å². The Hall–Kier alpha value is -1.25. The second-order valence-corrected chi connectivity index (χ2v) is 5.20. The molecule has 1 nitrogen and oxygen atoms in total. The maximum Gasteiger partial charge on any atom is 0.171 e. The van der Waals surface area contributed by atoms with Crippen LogP contribution in [0.3, 0.4) is 0 Å². The Bertz CT molecular complexity index is 468. The van der Waals surface area contributed by atoms with Gasteiger partial charge in [0, 0.05) is 5.92 Å². The molecule has 2 rings (SSSR count). The van der Waals surface area contributed by atoms with E-state index in [-0.39, 0.29) is 17.3 Å². The molecule has 0 N–H and O–H groups in total. The zero-order valence-corrected chi connectivity index (χ0v) is 10.8. The van der Waals surface area contributed by atoms with E-state index in [0.717, 1.165) is 25.7 Å². The fourth-order valence-electron chi connectivity index (χ4n) is 2.77. The normalized spacial score (nSPS) is 23.3. The first-order valence-corrected chi connectivity index (χ1v) is 6.53. The summed E-state index contributed by atoms with van der Waals surface area (Å²) in [4.78, 5) is 12.2. The Morgan fingerprint density at radius 1 is 1.33 bits per heavy atom. The van der Waals surface area contributed by atoms with E-state index in [1.807, 2.05) is 0 Å². The molecule has 1 aliphatic rings. The van der Waals surface area contributed by atoms with Gasteiger partial charge in [0.1, 0.15) is 11.6 Å². The number of ketones is 1. The van der Waals surface area contributed by atoms with Crippen LogP contribution in [0.25, 0.3) is 0 Å². The maximum absolute atomic E-state index is 13.9. The summed E-state index contributed by atoms with van der Waals surface area (Å²) in [6.07, 6.45) is 3.54. The summed E-state index contributed by atoms with van der Waals surface area (Å²) >= 11 is 0. The van der Waals surface area contributed by atoms with Crippen LogP contribution < -0.4 is 0 Å². The minimum atomic E-state index is -0.733. The average Bonchev–Trinajstić information content (AvgIpc) is 2.83. The van der Waals surface area contributed by atoms with E-state index in [2.05, 4.69) is 6.92 Å². The molecule has 2 atom stereocenters. The quantitative estimate of drug-likeness (QED) is 0.734. The molecule has 0 bridgehead atoms. The molecule has 0 radical (unpaired) electrons. The van der Waals surface area contributed by atoms with E-state index in [1.165, 1.54) is 12.1 Å². The highest BCUT2D eigenvalue weighted by atomic mass is 19.1. The van der Waals surface area contributed by atoms with Crippen molar-refractivity contribution in [2.75, 3.05) is 0 Å². The van der Waals surface area contributed by atoms with Crippen LogP contribution in [0.4, 0.5) is 8.78 Å². The van der Waals surface area contributed by atoms with E-state index in [9.17, 15) is 13.6 Å². The highest BCUT2D eigenvalue weighted by Gasteiger charge is 2.32. The zero-order chi connectivity index (χ0) is 13.3. The first-order valence-electron chi connectivity index (χ1n) is 6.53. The van der Waals surface area contributed by atoms with Crippen LogP contribution in [-0.2, 0) is 0 Å². The molecule has 1 aromatic carbocycles. The fraction of sp³-hybridized carbons (Fsp3) is 0.533. The third kappa shape index (κ3) is 2.31. The van der Waals surface area contributed by atoms with Crippen molar-refractivity contribution in [3.05, 3.63) is 34.9 Å². The van der Waals surface area contributed by atoms with Gasteiger partial charge in [-0.25, -0.2) is 8.78 Å². The molecule has 0 aliphatic heterocycles. The summed E-state index contributed by atoms with van der Waals surface area (Å²) in [7, 11) is 0. The molecule has 98 valence electrons. The third-order valence-electron chi connectivity index (χ3n) is 4.02. The number of carbonyl (C=O) groups is 1. The first-order chi connectivity index (χ1) is 8.54. The fourth-order valence-corrected chi connectivity index (χ4v) is 2.77. The lowest BCUT2D eigenvalue weighted by atomic mass is 9.93. The molecule has 0 amide bonds. The van der Waals surface area contributed by atoms with Crippen LogP contribution in [0.5, 0.6) is 0 Å². The standard InChI is InChI=1S/C15H18F2O/c1-3-10-5-6-11(8-10)15(18)13-12(16)7-4-9(2)14(13)17/h4,7,10-11H,3,5-6,8H2,1-2H3. The average molecular weight is 252 g/mol. The highest BCUT2D eigenvalue weighted by molar-refractivity contribution is 5.98. The number of benzene rings is 1. The summed E-state index contributed by atoms with van der Waals surface area (Å²) < 4.78 is 27.5. The van der Waals surface area contributed by atoms with Crippen molar-refractivity contribution in [3.8, 4) is 0 Å². The molecule has 3 heteroatoms. The number of aryl methyl sites for hydroxylation is 1. The Morgan fingerprint density at radius 2 is 2.06 bits per heavy atom. The van der Waals surface area contributed by atoms with Crippen molar-refractivity contribution in [2.24, 2.45) is 11.8 Å². The number of hydrogen-bond donors (Lipinski definition) is 0. The van der Waals surface area contributed by atoms with Gasteiger partial charge in [0.25, 0.3) is 0 Å². The molecule has 1 aliphatic carbocycles. The van der Waals surface area contributed by atoms with E-state index in [1.54, 1.807) is 6.92 Å². The van der Waals surface area contributed by atoms with Crippen molar-refractivity contribution in [1.82, 2.24) is 0 Å². The van der Waals surface area contributed by atoms with Gasteiger partial charge in [0.05, 0.1) is 5.56 Å². The molecule has 1 fully saturated rings. The van der Waals surface area contributed by atoms with Gasteiger partial charge in [-0.1, -0.05) is 19.4 Å². The minimum absolute atomic E-state index is 0.208. The van der Waals surface area contributed by atoms with Gasteiger partial charge < -0.3 is 0 Å². The van der Waals surface area contributed by atoms with Gasteiger partial charge in [-0.3, -0.25) is 4.79 Å². The van der Waals surface area contributed by atoms with Gasteiger partial charge >= 0.3 is 0 Å². The van der Waals surface area contributed by atoms with Crippen LogP contribution in [0.1, 0.15) is 48.5 Å². The summed E-state index contributed by atoms with van der Waals surface area (Å²) in [5.74, 6) is -1.47. The second kappa shape index (κ2) is 5.17. The van der Waals surface area contributed by atoms with Crippen LogP contribution in [0, 0.1) is 30.4 Å². The molecule has 0 saturated heterocycles. The number of hydrogen-bond acceptors (Lipinski definition) is 1. The van der Waals surface area contributed by atoms with Gasteiger partial charge in [-0.2, -0.15) is 0 Å². The van der Waals surface area contributed by atoms with E-state index >= 15 is 0 Å². The van der Waals surface area contributed by atoms with E-state index < -0.39 is 11.6 Å². The molecule has 0 aromatic heterocycles. The summed E-state index contributed by atoms with van der Waals surface area (Å²) in [6.45, 7) is 3.64. The lowest BCUT2D eigenvalue weighted by molar-refractivity contribution is 0.0911. The Labute approximate surface area is 106 Å². The minimum Gasteiger partial charge on any atom is -0.294 e. The maximum atomic E-state index is 13.9. The van der Waals surface area contributed by atoms with Crippen molar-refractivity contribution < 1.29 is 13.6 Å². The molecule has 0 heterocycles. The number of halogens is 2. The molecule has 18 heavy (non-hydrogen) atoms. The first kappa shape index (κ1) is 13.2. The Balaban J connectivity index is 2.27. The SMILES string of the molecule is CCC1CCC(C(=O)c2c(F)ccc(C)c2F)C1. The van der Waals surface area contributed by atoms with Crippen molar-refractivity contribution in [3.63, 3.8) is 0 Å². The molecular weight excluding hydrogens is 234 g/mol. The topological polar surface area (TPSA) is 17.1 Å². The lowest BCUT2D eigenvalue weighted by Gasteiger charge is -2.12. The smallest absolute Gasteiger partial charge is 0.171 e. The molecular formula is C15H18F2O. The third-order valence-corrected chi connectivity index (χ3v) is 4.02. The van der Waals surface area contributed by atoms with E-state index in [0.29, 0.717) is 11.5 Å². The summed E-state index contributed by atoms with van der Waals surface area (Å²) in [5, 5.41) is 0. The van der Waals surface area contributed by atoms with Gasteiger partial charge in [-0.15, -0.1) is 0 Å². The van der Waals surface area contributed by atoms with Crippen LogP contribution in [-0.4, -0.2) is 5.78 Å². The van der Waals surface area contributed by atoms with Crippen LogP contribution in [0.15, 0.2) is 12.1 Å². The largest absolute Gasteiger partial charge is 0.294 e. The molecule has 1 saturated carbocycles. The molecule has 2 unspecified atom stereocenters. The Kier molecular flexibility index (Phi) is 3.79. The summed E-state index contributed by atoms with van der Waals surface area (Å²) in [6, 6.07) is 2.54. The Morgan fingerprint density at radius 3 is 2.67 bits per heavy atom. The van der Waals surface area contributed by atoms with E-state index in [4.69, 9.17) is 0 Å². The second-order valence-electron chi connectivity index (χ2n) is 5.20. The van der Waals surface area contributed by atoms with Crippen LogP contribution >= 0.6 is 0 Å². The van der Waals surface area contributed by atoms with Gasteiger partial charge in [-0.05, 0) is 43.7 Å². The van der Waals surface area contributed by atoms with Crippen molar-refractivity contribution >= 4 is 5.78 Å². The zero-order valence-electron chi connectivity index (χ0n) is 10.8. The predicted octanol–water partition coefficient (Wildman–Crippen LogP) is 4.28. The number of Topliss-reactive ketones (excluding diaryl/α,β-unsaturated/α-hetero) is 1. The van der Waals surface area contributed by atoms with Gasteiger partial charge in [0.2, 0.25) is 0 Å². The van der Waals surface area contributed by atoms with Crippen molar-refractivity contribution in [1.29, 1.82) is 0 Å². The monoisotopic (exact) mass is 252 g/mol. The lowest BCUT2D eigenvalue weighted by Crippen LogP contribution is -2.16. The predicted molar refractivity (Wildman–Crippen MR) is 66.5 cm³/mol. The molecule has 0 spiro atoms. The highest BCUT2D eigenvalue weighted by Crippen LogP contribution is 2.35. The number of carbonyl (C=O) groups excluding carboxylic acids is 1. The number of rotatable bonds is 3. The van der Waals surface area contributed by atoms with Crippen LogP contribution in [0.2, 0.25) is 0 Å². The molecule has 1 aromatic rings.